The summed E-state index contributed by atoms with van der Waals surface area (Å²) in [6, 6.07) is 1.55. The third kappa shape index (κ3) is 12.7. The van der Waals surface area contributed by atoms with Crippen molar-refractivity contribution < 1.29 is 53.8 Å². The number of aromatic nitrogens is 4. The smallest absolute Gasteiger partial charge is 0.416 e. The predicted octanol–water partition coefficient (Wildman–Crippen LogP) is 8.61. The van der Waals surface area contributed by atoms with Crippen molar-refractivity contribution in [2.75, 3.05) is 30.1 Å². The summed E-state index contributed by atoms with van der Waals surface area (Å²) in [4.78, 5) is 17.2. The Morgan fingerprint density at radius 2 is 1.78 bits per heavy atom. The van der Waals surface area contributed by atoms with Crippen LogP contribution in [0.25, 0.3) is 0 Å². The highest BCUT2D eigenvalue weighted by Crippen LogP contribution is 2.44. The first-order valence-electron chi connectivity index (χ1n) is 14.9. The van der Waals surface area contributed by atoms with E-state index >= 15 is 0 Å². The van der Waals surface area contributed by atoms with Gasteiger partial charge in [-0.25, -0.2) is 4.79 Å². The van der Waals surface area contributed by atoms with E-state index in [-0.39, 0.29) is 42.7 Å². The zero-order valence-corrected chi connectivity index (χ0v) is 27.7. The van der Waals surface area contributed by atoms with E-state index in [2.05, 4.69) is 22.0 Å². The van der Waals surface area contributed by atoms with E-state index in [0.29, 0.717) is 19.6 Å². The number of amides is 1. The van der Waals surface area contributed by atoms with E-state index in [4.69, 9.17) is 9.47 Å². The zero-order chi connectivity index (χ0) is 37.3. The van der Waals surface area contributed by atoms with Crippen molar-refractivity contribution in [3.8, 4) is 0 Å². The number of nitrogens with zero attached hydrogens (tertiary/aromatic N) is 6. The number of anilines is 2. The van der Waals surface area contributed by atoms with Crippen LogP contribution in [-0.4, -0.2) is 71.1 Å². The average Bonchev–Trinajstić information content (AvgIpc) is 3.41. The number of carbonyl (C=O) groups is 1. The van der Waals surface area contributed by atoms with Gasteiger partial charge < -0.3 is 14.4 Å². The second-order valence-corrected chi connectivity index (χ2v) is 11.5. The van der Waals surface area contributed by atoms with Crippen molar-refractivity contribution in [3.05, 3.63) is 65.3 Å². The molecule has 2 unspecified atom stereocenters. The molecule has 0 bridgehead atoms. The first-order valence-corrected chi connectivity index (χ1v) is 14.9. The number of rotatable bonds is 11. The first kappa shape index (κ1) is 41.1. The zero-order valence-electron chi connectivity index (χ0n) is 27.7. The number of fused-ring (bicyclic) bond motifs is 1. The number of hydrogen-bond donors (Lipinski definition) is 0. The monoisotopic (exact) mass is 714 g/mol. The van der Waals surface area contributed by atoms with Gasteiger partial charge in [0.15, 0.2) is 0 Å². The molecule has 0 aliphatic carbocycles. The molecule has 1 aliphatic heterocycles. The molecule has 0 saturated carbocycles. The van der Waals surface area contributed by atoms with Crippen LogP contribution in [0.5, 0.6) is 0 Å². The van der Waals surface area contributed by atoms with Gasteiger partial charge in [-0.3, -0.25) is 4.90 Å². The minimum absolute atomic E-state index is 0.00445. The molecule has 1 amide bonds. The number of tetrazole rings is 1. The van der Waals surface area contributed by atoms with Gasteiger partial charge in [0.2, 0.25) is 0 Å². The van der Waals surface area contributed by atoms with Gasteiger partial charge in [-0.05, 0) is 75.6 Å². The number of ether oxygens (including phenoxy) is 2. The van der Waals surface area contributed by atoms with Crippen LogP contribution in [0.4, 0.5) is 55.9 Å². The van der Waals surface area contributed by atoms with Gasteiger partial charge in [0.1, 0.15) is 0 Å². The molecule has 1 aromatic carbocycles. The molecule has 0 radical (unpaired) electrons. The maximum absolute atomic E-state index is 13.9. The third-order valence-electron chi connectivity index (χ3n) is 6.74. The molecule has 2 atom stereocenters. The lowest BCUT2D eigenvalue weighted by molar-refractivity contribution is -0.137. The van der Waals surface area contributed by atoms with Crippen LogP contribution in [0.2, 0.25) is 0 Å². The van der Waals surface area contributed by atoms with Gasteiger partial charge in [-0.2, -0.15) is 44.3 Å². The molecular formula is C31H39F9N6O3. The van der Waals surface area contributed by atoms with E-state index < -0.39 is 53.9 Å². The normalized spacial score (nSPS) is 17.3. The van der Waals surface area contributed by atoms with Crippen LogP contribution in [0.15, 0.2) is 54.2 Å². The van der Waals surface area contributed by atoms with E-state index in [1.807, 2.05) is 0 Å². The van der Waals surface area contributed by atoms with Crippen LogP contribution in [0.1, 0.15) is 64.6 Å². The lowest BCUT2D eigenvalue weighted by Gasteiger charge is -2.43. The third-order valence-corrected chi connectivity index (χ3v) is 6.74. The van der Waals surface area contributed by atoms with Crippen molar-refractivity contribution >= 4 is 17.7 Å². The summed E-state index contributed by atoms with van der Waals surface area (Å²) in [5.74, 6) is -0.00445. The first-order chi connectivity index (χ1) is 22.6. The predicted molar refractivity (Wildman–Crippen MR) is 164 cm³/mol. The molecule has 0 saturated heterocycles. The van der Waals surface area contributed by atoms with Crippen LogP contribution in [0.3, 0.4) is 0 Å². The minimum atomic E-state index is -4.70. The molecule has 49 heavy (non-hydrogen) atoms. The summed E-state index contributed by atoms with van der Waals surface area (Å²) in [5, 5.41) is 12.5. The fourth-order valence-corrected chi connectivity index (χ4v) is 4.89. The van der Waals surface area contributed by atoms with Gasteiger partial charge in [0, 0.05) is 33.2 Å². The van der Waals surface area contributed by atoms with E-state index in [1.165, 1.54) is 34.7 Å². The van der Waals surface area contributed by atoms with Crippen molar-refractivity contribution in [2.45, 2.75) is 90.7 Å². The summed E-state index contributed by atoms with van der Waals surface area (Å²) >= 11 is 0. The SMILES string of the molecule is C=C/C=C(\C=C(/C)CN(c1nnn(CCCOC)n1)C1CC(C)N(C(=O)OC(C)C)c2ccc(C(F)(F)F)cc21)C(F)(F)F.CC(F)(F)F. The highest BCUT2D eigenvalue weighted by atomic mass is 19.4. The molecule has 3 rings (SSSR count). The van der Waals surface area contributed by atoms with E-state index in [1.54, 1.807) is 20.8 Å². The number of alkyl halides is 9. The average molecular weight is 715 g/mol. The Balaban J connectivity index is 0.00000155. The van der Waals surface area contributed by atoms with E-state index in [0.717, 1.165) is 30.4 Å². The molecular weight excluding hydrogens is 675 g/mol. The second kappa shape index (κ2) is 17.0. The van der Waals surface area contributed by atoms with Crippen molar-refractivity contribution in [3.63, 3.8) is 0 Å². The minimum Gasteiger partial charge on any atom is -0.446 e. The van der Waals surface area contributed by atoms with Crippen LogP contribution in [-0.2, 0) is 22.2 Å². The fourth-order valence-electron chi connectivity index (χ4n) is 4.89. The van der Waals surface area contributed by atoms with Crippen molar-refractivity contribution in [1.82, 2.24) is 20.2 Å². The Bertz CT molecular complexity index is 1460. The summed E-state index contributed by atoms with van der Waals surface area (Å²) < 4.78 is 124. The second-order valence-electron chi connectivity index (χ2n) is 11.5. The molecule has 18 heteroatoms. The van der Waals surface area contributed by atoms with Gasteiger partial charge in [0.05, 0.1) is 35.5 Å². The Labute approximate surface area is 278 Å². The molecule has 274 valence electrons. The number of allylic oxidation sites excluding steroid dienone is 4. The Kier molecular flexibility index (Phi) is 14.3. The lowest BCUT2D eigenvalue weighted by atomic mass is 9.89. The summed E-state index contributed by atoms with van der Waals surface area (Å²) in [5.41, 5.74) is -1.41. The van der Waals surface area contributed by atoms with Crippen molar-refractivity contribution in [2.24, 2.45) is 0 Å². The Morgan fingerprint density at radius 3 is 2.31 bits per heavy atom. The molecule has 1 aliphatic rings. The van der Waals surface area contributed by atoms with E-state index in [9.17, 15) is 44.3 Å². The van der Waals surface area contributed by atoms with Gasteiger partial charge >= 0.3 is 24.6 Å². The quantitative estimate of drug-likeness (QED) is 0.131. The molecule has 0 fully saturated rings. The molecule has 9 nitrogen and oxygen atoms in total. The van der Waals surface area contributed by atoms with Crippen molar-refractivity contribution in [1.29, 1.82) is 0 Å². The van der Waals surface area contributed by atoms with Gasteiger partial charge in [-0.15, -0.1) is 5.10 Å². The summed E-state index contributed by atoms with van der Waals surface area (Å²) in [6.45, 7) is 10.5. The highest BCUT2D eigenvalue weighted by Gasteiger charge is 2.41. The van der Waals surface area contributed by atoms with Crippen LogP contribution in [0, 0.1) is 0 Å². The Morgan fingerprint density at radius 1 is 1.14 bits per heavy atom. The Hall–Kier alpha value is -4.09. The molecule has 0 spiro atoms. The number of carbonyl (C=O) groups excluding carboxylic acids is 1. The van der Waals surface area contributed by atoms with Gasteiger partial charge in [-0.1, -0.05) is 29.4 Å². The maximum atomic E-state index is 13.9. The number of halogens is 9. The summed E-state index contributed by atoms with van der Waals surface area (Å²) in [7, 11) is 1.53. The highest BCUT2D eigenvalue weighted by molar-refractivity contribution is 5.90. The molecule has 0 N–H and O–H groups in total. The summed E-state index contributed by atoms with van der Waals surface area (Å²) in [6.07, 6.45) is -11.2. The lowest BCUT2D eigenvalue weighted by Crippen LogP contribution is -2.47. The molecule has 2 aromatic rings. The largest absolute Gasteiger partial charge is 0.446 e. The number of methoxy groups -OCH3 is 1. The molecule has 2 heterocycles. The molecule has 1 aromatic heterocycles. The van der Waals surface area contributed by atoms with Crippen LogP contribution < -0.4 is 9.80 Å². The topological polar surface area (TPSA) is 85.6 Å². The van der Waals surface area contributed by atoms with Gasteiger partial charge in [0.25, 0.3) is 5.95 Å². The van der Waals surface area contributed by atoms with Crippen LogP contribution >= 0.6 is 0 Å². The fraction of sp³-hybridized carbons (Fsp3) is 0.548. The number of benzene rings is 1. The number of aryl methyl sites for hydroxylation is 1. The maximum Gasteiger partial charge on any atom is 0.416 e. The number of hydrogen-bond acceptors (Lipinski definition) is 7. The standard InChI is InChI=1S/C29H36F6N6O3.C2H3F3/c1-7-9-21(28(30,31)32)14-19(4)17-39(26-36-38-40(37-26)12-8-13-43-6)25-15-20(5)41(27(42)44-18(2)3)24-11-10-22(16-23(24)25)29(33,34)35;1-2(3,4)5/h7,9-11,14,16,18,20,25H,1,8,12-13,15,17H2,2-6H3;1H3/b19-14+,21-9+;.